The van der Waals surface area contributed by atoms with E-state index in [-0.39, 0.29) is 11.3 Å². The molecule has 1 fully saturated rings. The Bertz CT molecular complexity index is 396. The second-order valence-corrected chi connectivity index (χ2v) is 5.40. The van der Waals surface area contributed by atoms with Gasteiger partial charge in [-0.15, -0.1) is 0 Å². The van der Waals surface area contributed by atoms with E-state index >= 15 is 0 Å². The van der Waals surface area contributed by atoms with Crippen molar-refractivity contribution in [1.29, 1.82) is 0 Å². The lowest BCUT2D eigenvalue weighted by Crippen LogP contribution is -2.20. The van der Waals surface area contributed by atoms with Gasteiger partial charge in [0, 0.05) is 4.47 Å². The summed E-state index contributed by atoms with van der Waals surface area (Å²) < 4.78 is 0.940. The first kappa shape index (κ1) is 10.7. The quantitative estimate of drug-likeness (QED) is 0.912. The zero-order valence-electron chi connectivity index (χ0n) is 8.53. The van der Waals surface area contributed by atoms with Crippen LogP contribution in [0.2, 0.25) is 0 Å². The minimum atomic E-state index is -0.715. The van der Waals surface area contributed by atoms with Gasteiger partial charge in [0.15, 0.2) is 0 Å². The molecule has 0 bridgehead atoms. The number of aliphatic carboxylic acids is 1. The van der Waals surface area contributed by atoms with E-state index in [0.29, 0.717) is 0 Å². The van der Waals surface area contributed by atoms with Gasteiger partial charge in [-0.05, 0) is 36.0 Å². The minimum Gasteiger partial charge on any atom is -0.481 e. The molecule has 0 saturated heterocycles. The molecule has 0 aliphatic heterocycles. The number of halogens is 1. The van der Waals surface area contributed by atoms with Crippen molar-refractivity contribution in [2.24, 2.45) is 5.41 Å². The molecule has 1 saturated carbocycles. The van der Waals surface area contributed by atoms with Crippen LogP contribution in [0.15, 0.2) is 28.7 Å². The maximum Gasteiger partial charge on any atom is 0.311 e. The van der Waals surface area contributed by atoms with Crippen LogP contribution in [0.4, 0.5) is 0 Å². The van der Waals surface area contributed by atoms with Crippen LogP contribution >= 0.6 is 15.9 Å². The molecule has 1 aliphatic rings. The molecule has 2 nitrogen and oxygen atoms in total. The summed E-state index contributed by atoms with van der Waals surface area (Å²) in [5, 5.41) is 9.28. The Labute approximate surface area is 97.4 Å². The molecular weight excluding hydrogens is 256 g/mol. The van der Waals surface area contributed by atoms with Crippen LogP contribution in [-0.4, -0.2) is 11.1 Å². The number of benzene rings is 1. The van der Waals surface area contributed by atoms with Gasteiger partial charge in [0.25, 0.3) is 0 Å². The van der Waals surface area contributed by atoms with Crippen molar-refractivity contribution in [2.45, 2.75) is 25.7 Å². The van der Waals surface area contributed by atoms with E-state index in [1.54, 1.807) is 0 Å². The molecule has 0 amide bonds. The molecule has 3 heteroatoms. The largest absolute Gasteiger partial charge is 0.481 e. The molecule has 1 aromatic carbocycles. The van der Waals surface area contributed by atoms with Crippen molar-refractivity contribution in [3.63, 3.8) is 0 Å². The highest BCUT2D eigenvalue weighted by molar-refractivity contribution is 9.10. The van der Waals surface area contributed by atoms with Crippen molar-refractivity contribution < 1.29 is 9.90 Å². The van der Waals surface area contributed by atoms with Gasteiger partial charge in [-0.1, -0.05) is 35.0 Å². The van der Waals surface area contributed by atoms with E-state index in [4.69, 9.17) is 0 Å². The zero-order chi connectivity index (χ0) is 11.1. The topological polar surface area (TPSA) is 37.3 Å². The molecule has 0 heterocycles. The Hall–Kier alpha value is -0.830. The second-order valence-electron chi connectivity index (χ2n) is 4.48. The third kappa shape index (κ3) is 2.07. The number of carboxylic acids is 1. The highest BCUT2D eigenvalue weighted by Gasteiger charge is 2.49. The maximum absolute atomic E-state index is 11.3. The Morgan fingerprint density at radius 3 is 2.67 bits per heavy atom. The number of carboxylic acid groups (broad SMARTS) is 1. The van der Waals surface area contributed by atoms with Crippen LogP contribution in [0.1, 0.15) is 31.2 Å². The second kappa shape index (κ2) is 3.63. The monoisotopic (exact) mass is 268 g/mol. The van der Waals surface area contributed by atoms with Gasteiger partial charge in [0.2, 0.25) is 0 Å². The van der Waals surface area contributed by atoms with Crippen molar-refractivity contribution in [2.75, 3.05) is 0 Å². The molecule has 0 aromatic heterocycles. The van der Waals surface area contributed by atoms with Gasteiger partial charge in [-0.3, -0.25) is 4.79 Å². The number of rotatable bonds is 3. The van der Waals surface area contributed by atoms with E-state index < -0.39 is 5.97 Å². The zero-order valence-corrected chi connectivity index (χ0v) is 10.1. The highest BCUT2D eigenvalue weighted by Crippen LogP contribution is 2.55. The van der Waals surface area contributed by atoms with E-state index in [1.165, 1.54) is 0 Å². The molecule has 1 aromatic rings. The fourth-order valence-electron chi connectivity index (χ4n) is 2.02. The smallest absolute Gasteiger partial charge is 0.311 e. The summed E-state index contributed by atoms with van der Waals surface area (Å²) in [6, 6.07) is 7.61. The van der Waals surface area contributed by atoms with Crippen molar-refractivity contribution in [3.8, 4) is 0 Å². The molecule has 0 radical (unpaired) electrons. The Morgan fingerprint density at radius 2 is 2.20 bits per heavy atom. The van der Waals surface area contributed by atoms with Gasteiger partial charge in [0.1, 0.15) is 0 Å². The van der Waals surface area contributed by atoms with E-state index in [9.17, 15) is 9.90 Å². The fraction of sp³-hybridized carbons (Fsp3) is 0.417. The van der Waals surface area contributed by atoms with Gasteiger partial charge in [-0.25, -0.2) is 0 Å². The number of carbonyl (C=O) groups is 1. The fourth-order valence-corrected chi connectivity index (χ4v) is 2.43. The standard InChI is InChI=1S/C12H13BrO2/c1-12(5-6-12)10(11(14)15)8-3-2-4-9(13)7-8/h2-4,7,10H,5-6H2,1H3,(H,14,15). The summed E-state index contributed by atoms with van der Waals surface area (Å²) in [5.74, 6) is -1.08. The molecule has 1 N–H and O–H groups in total. The van der Waals surface area contributed by atoms with Gasteiger partial charge < -0.3 is 5.11 Å². The minimum absolute atomic E-state index is 0.0351. The molecule has 1 unspecified atom stereocenters. The number of hydrogen-bond donors (Lipinski definition) is 1. The van der Waals surface area contributed by atoms with Crippen molar-refractivity contribution in [3.05, 3.63) is 34.3 Å². The Balaban J connectivity index is 2.37. The summed E-state index contributed by atoms with van der Waals surface area (Å²) in [6.07, 6.45) is 2.02. The van der Waals surface area contributed by atoms with Crippen LogP contribution in [0, 0.1) is 5.41 Å². The number of hydrogen-bond acceptors (Lipinski definition) is 1. The van der Waals surface area contributed by atoms with Crippen LogP contribution < -0.4 is 0 Å². The Morgan fingerprint density at radius 1 is 1.53 bits per heavy atom. The van der Waals surface area contributed by atoms with Crippen molar-refractivity contribution in [1.82, 2.24) is 0 Å². The van der Waals surface area contributed by atoms with E-state index in [1.807, 2.05) is 31.2 Å². The molecule has 2 rings (SSSR count). The average Bonchev–Trinajstić information content (AvgIpc) is 2.83. The predicted octanol–water partition coefficient (Wildman–Crippen LogP) is 3.42. The summed E-state index contributed by atoms with van der Waals surface area (Å²) in [4.78, 5) is 11.3. The summed E-state index contributed by atoms with van der Waals surface area (Å²) in [6.45, 7) is 2.05. The molecule has 80 valence electrons. The van der Waals surface area contributed by atoms with Gasteiger partial charge in [-0.2, -0.15) is 0 Å². The first-order valence-corrected chi connectivity index (χ1v) is 5.80. The third-order valence-electron chi connectivity index (χ3n) is 3.16. The predicted molar refractivity (Wildman–Crippen MR) is 61.9 cm³/mol. The molecule has 15 heavy (non-hydrogen) atoms. The van der Waals surface area contributed by atoms with Crippen molar-refractivity contribution >= 4 is 21.9 Å². The lowest BCUT2D eigenvalue weighted by molar-refractivity contribution is -0.140. The van der Waals surface area contributed by atoms with Crippen LogP contribution in [-0.2, 0) is 4.79 Å². The highest BCUT2D eigenvalue weighted by atomic mass is 79.9. The lowest BCUT2D eigenvalue weighted by Gasteiger charge is -2.19. The molecule has 1 atom stereocenters. The maximum atomic E-state index is 11.3. The van der Waals surface area contributed by atoms with Crippen LogP contribution in [0.5, 0.6) is 0 Å². The SMILES string of the molecule is CC1(C(C(=O)O)c2cccc(Br)c2)CC1. The van der Waals surface area contributed by atoms with Crippen LogP contribution in [0.25, 0.3) is 0 Å². The van der Waals surface area contributed by atoms with E-state index in [0.717, 1.165) is 22.9 Å². The summed E-state index contributed by atoms with van der Waals surface area (Å²) in [5.41, 5.74) is 0.865. The third-order valence-corrected chi connectivity index (χ3v) is 3.66. The van der Waals surface area contributed by atoms with Gasteiger partial charge in [0.05, 0.1) is 5.92 Å². The first-order valence-electron chi connectivity index (χ1n) is 5.01. The molecule has 1 aliphatic carbocycles. The molecular formula is C12H13BrO2. The summed E-state index contributed by atoms with van der Waals surface area (Å²) >= 11 is 3.37. The van der Waals surface area contributed by atoms with E-state index in [2.05, 4.69) is 15.9 Å². The normalized spacial score (nSPS) is 19.6. The first-order chi connectivity index (χ1) is 7.03. The van der Waals surface area contributed by atoms with Crippen LogP contribution in [0.3, 0.4) is 0 Å². The lowest BCUT2D eigenvalue weighted by atomic mass is 9.85. The Kier molecular flexibility index (Phi) is 2.59. The molecule has 0 spiro atoms. The summed E-state index contributed by atoms with van der Waals surface area (Å²) in [7, 11) is 0. The average molecular weight is 269 g/mol. The van der Waals surface area contributed by atoms with Gasteiger partial charge >= 0.3 is 5.97 Å².